The molecule has 2 aromatic rings. The minimum absolute atomic E-state index is 0.0636. The first-order valence-corrected chi connectivity index (χ1v) is 13.8. The van der Waals surface area contributed by atoms with Crippen molar-refractivity contribution in [1.29, 1.82) is 0 Å². The summed E-state index contributed by atoms with van der Waals surface area (Å²) in [6.45, 7) is 9.90. The summed E-state index contributed by atoms with van der Waals surface area (Å²) in [5, 5.41) is 3.58. The SMILES string of the molecule is CC(C)(C)S(=O)(=O)NC1CCC(CNc2ccc(N3CCN(c4ncccn4)CC3)cc2)CC1. The number of nitrogens with zero attached hydrogens (tertiary/aromatic N) is 4. The third-order valence-corrected chi connectivity index (χ3v) is 9.17. The Hall–Kier alpha value is -2.39. The lowest BCUT2D eigenvalue weighted by molar-refractivity contribution is 0.322. The molecule has 0 bridgehead atoms. The molecule has 1 saturated carbocycles. The normalized spacial score (nSPS) is 22.0. The number of benzene rings is 1. The molecule has 1 saturated heterocycles. The summed E-state index contributed by atoms with van der Waals surface area (Å²) in [6, 6.07) is 10.6. The van der Waals surface area contributed by atoms with Crippen LogP contribution in [0.25, 0.3) is 0 Å². The van der Waals surface area contributed by atoms with Crippen molar-refractivity contribution in [2.75, 3.05) is 47.8 Å². The molecule has 8 nitrogen and oxygen atoms in total. The Labute approximate surface area is 204 Å². The predicted octanol–water partition coefficient (Wildman–Crippen LogP) is 3.49. The molecule has 1 aromatic carbocycles. The van der Waals surface area contributed by atoms with Crippen molar-refractivity contribution in [2.24, 2.45) is 5.92 Å². The quantitative estimate of drug-likeness (QED) is 0.619. The first-order chi connectivity index (χ1) is 16.2. The van der Waals surface area contributed by atoms with Crippen LogP contribution in [0, 0.1) is 5.92 Å². The van der Waals surface area contributed by atoms with Crippen LogP contribution in [0.5, 0.6) is 0 Å². The fraction of sp³-hybridized carbons (Fsp3) is 0.600. The monoisotopic (exact) mass is 486 g/mol. The summed E-state index contributed by atoms with van der Waals surface area (Å²) in [5.41, 5.74) is 2.38. The molecule has 1 aliphatic carbocycles. The van der Waals surface area contributed by atoms with Crippen LogP contribution in [0.15, 0.2) is 42.7 Å². The standard InChI is InChI=1S/C25H38N6O2S/c1-25(2,3)34(32,33)29-22-7-5-20(6-8-22)19-28-21-9-11-23(12-10-21)30-15-17-31(18-16-30)24-26-13-4-14-27-24/h4,9-14,20,22,28-29H,5-8,15-19H2,1-3H3. The summed E-state index contributed by atoms with van der Waals surface area (Å²) in [5.74, 6) is 1.38. The molecule has 4 rings (SSSR count). The molecule has 34 heavy (non-hydrogen) atoms. The van der Waals surface area contributed by atoms with Gasteiger partial charge in [-0.1, -0.05) is 0 Å². The molecule has 1 aromatic heterocycles. The number of aromatic nitrogens is 2. The zero-order chi connectivity index (χ0) is 24.2. The van der Waals surface area contributed by atoms with Crippen molar-refractivity contribution in [1.82, 2.24) is 14.7 Å². The first kappa shape index (κ1) is 24.7. The van der Waals surface area contributed by atoms with E-state index >= 15 is 0 Å². The van der Waals surface area contributed by atoms with Crippen LogP contribution < -0.4 is 19.8 Å². The minimum Gasteiger partial charge on any atom is -0.385 e. The fourth-order valence-corrected chi connectivity index (χ4v) is 5.58. The average molecular weight is 487 g/mol. The van der Waals surface area contributed by atoms with Crippen molar-refractivity contribution in [3.8, 4) is 0 Å². The molecule has 0 unspecified atom stereocenters. The Balaban J connectivity index is 1.19. The summed E-state index contributed by atoms with van der Waals surface area (Å²) in [6.07, 6.45) is 7.47. The van der Waals surface area contributed by atoms with Gasteiger partial charge in [-0.3, -0.25) is 0 Å². The second kappa shape index (κ2) is 10.5. The van der Waals surface area contributed by atoms with Gasteiger partial charge in [0.25, 0.3) is 0 Å². The third kappa shape index (κ3) is 6.18. The maximum atomic E-state index is 12.4. The van der Waals surface area contributed by atoms with E-state index in [0.29, 0.717) is 5.92 Å². The number of anilines is 3. The van der Waals surface area contributed by atoms with Gasteiger partial charge in [0.05, 0.1) is 4.75 Å². The van der Waals surface area contributed by atoms with Gasteiger partial charge < -0.3 is 15.1 Å². The molecule has 0 atom stereocenters. The molecule has 186 valence electrons. The number of sulfonamides is 1. The molecule has 0 spiro atoms. The van der Waals surface area contributed by atoms with Crippen LogP contribution in [0.3, 0.4) is 0 Å². The van der Waals surface area contributed by atoms with Crippen LogP contribution >= 0.6 is 0 Å². The largest absolute Gasteiger partial charge is 0.385 e. The lowest BCUT2D eigenvalue weighted by Crippen LogP contribution is -2.47. The number of rotatable bonds is 7. The Bertz CT molecular complexity index is 1010. The maximum absolute atomic E-state index is 12.4. The highest BCUT2D eigenvalue weighted by atomic mass is 32.2. The van der Waals surface area contributed by atoms with Crippen molar-refractivity contribution in [2.45, 2.75) is 57.2 Å². The fourth-order valence-electron chi connectivity index (χ4n) is 4.55. The molecule has 0 amide bonds. The van der Waals surface area contributed by atoms with E-state index in [0.717, 1.165) is 70.0 Å². The second-order valence-corrected chi connectivity index (χ2v) is 12.9. The van der Waals surface area contributed by atoms with Crippen molar-refractivity contribution in [3.05, 3.63) is 42.7 Å². The van der Waals surface area contributed by atoms with E-state index in [1.54, 1.807) is 33.2 Å². The van der Waals surface area contributed by atoms with Gasteiger partial charge in [-0.25, -0.2) is 23.1 Å². The van der Waals surface area contributed by atoms with Crippen LogP contribution in [0.4, 0.5) is 17.3 Å². The predicted molar refractivity (Wildman–Crippen MR) is 139 cm³/mol. The Morgan fingerprint density at radius 3 is 2.09 bits per heavy atom. The highest BCUT2D eigenvalue weighted by Gasteiger charge is 2.32. The number of hydrogen-bond acceptors (Lipinski definition) is 7. The molecule has 2 aliphatic rings. The van der Waals surface area contributed by atoms with Gasteiger partial charge in [0.2, 0.25) is 16.0 Å². The van der Waals surface area contributed by atoms with Gasteiger partial charge in [0, 0.05) is 62.5 Å². The highest BCUT2D eigenvalue weighted by Crippen LogP contribution is 2.27. The van der Waals surface area contributed by atoms with Gasteiger partial charge in [-0.15, -0.1) is 0 Å². The molecular formula is C25H38N6O2S. The third-order valence-electron chi connectivity index (χ3n) is 6.92. The number of piperazine rings is 1. The van der Waals surface area contributed by atoms with Gasteiger partial charge >= 0.3 is 0 Å². The van der Waals surface area contributed by atoms with Gasteiger partial charge in [-0.2, -0.15) is 0 Å². The van der Waals surface area contributed by atoms with E-state index in [-0.39, 0.29) is 6.04 Å². The van der Waals surface area contributed by atoms with Crippen LogP contribution in [0.1, 0.15) is 46.5 Å². The van der Waals surface area contributed by atoms with Gasteiger partial charge in [0.1, 0.15) is 0 Å². The second-order valence-electron chi connectivity index (χ2n) is 10.4. The Kier molecular flexibility index (Phi) is 7.62. The molecule has 2 heterocycles. The van der Waals surface area contributed by atoms with Crippen molar-refractivity contribution < 1.29 is 8.42 Å². The summed E-state index contributed by atoms with van der Waals surface area (Å²) < 4.78 is 27.0. The lowest BCUT2D eigenvalue weighted by atomic mass is 9.86. The molecule has 0 radical (unpaired) electrons. The van der Waals surface area contributed by atoms with Gasteiger partial charge in [-0.05, 0) is 82.7 Å². The minimum atomic E-state index is -3.28. The molecule has 9 heteroatoms. The van der Waals surface area contributed by atoms with E-state index < -0.39 is 14.8 Å². The average Bonchev–Trinajstić information content (AvgIpc) is 2.84. The first-order valence-electron chi connectivity index (χ1n) is 12.3. The smallest absolute Gasteiger partial charge is 0.225 e. The van der Waals surface area contributed by atoms with Gasteiger partial charge in [0.15, 0.2) is 0 Å². The molecule has 1 aliphatic heterocycles. The lowest BCUT2D eigenvalue weighted by Gasteiger charge is -2.36. The zero-order valence-corrected chi connectivity index (χ0v) is 21.4. The number of nitrogens with one attached hydrogen (secondary N) is 2. The van der Waals surface area contributed by atoms with E-state index in [4.69, 9.17) is 0 Å². The van der Waals surface area contributed by atoms with E-state index in [2.05, 4.69) is 54.1 Å². The van der Waals surface area contributed by atoms with Crippen LogP contribution in [0.2, 0.25) is 0 Å². The Morgan fingerprint density at radius 2 is 1.50 bits per heavy atom. The zero-order valence-electron chi connectivity index (χ0n) is 20.6. The molecule has 2 N–H and O–H groups in total. The summed E-state index contributed by atoms with van der Waals surface area (Å²) >= 11 is 0. The Morgan fingerprint density at radius 1 is 0.912 bits per heavy atom. The van der Waals surface area contributed by atoms with Crippen molar-refractivity contribution in [3.63, 3.8) is 0 Å². The van der Waals surface area contributed by atoms with E-state index in [1.165, 1.54) is 5.69 Å². The summed E-state index contributed by atoms with van der Waals surface area (Å²) in [4.78, 5) is 13.4. The van der Waals surface area contributed by atoms with Crippen LogP contribution in [-0.4, -0.2) is 61.9 Å². The molecule has 2 fully saturated rings. The van der Waals surface area contributed by atoms with Crippen molar-refractivity contribution >= 4 is 27.3 Å². The maximum Gasteiger partial charge on any atom is 0.225 e. The summed E-state index contributed by atoms with van der Waals surface area (Å²) in [7, 11) is -3.28. The molecular weight excluding hydrogens is 448 g/mol. The topological polar surface area (TPSA) is 90.5 Å². The van der Waals surface area contributed by atoms with Crippen LogP contribution in [-0.2, 0) is 10.0 Å². The number of hydrogen-bond donors (Lipinski definition) is 2. The van der Waals surface area contributed by atoms with E-state index in [9.17, 15) is 8.42 Å². The highest BCUT2D eigenvalue weighted by molar-refractivity contribution is 7.90. The van der Waals surface area contributed by atoms with E-state index in [1.807, 2.05) is 6.07 Å².